The maximum absolute atomic E-state index is 9.34. The molecular weight excluding hydrogens is 224 g/mol. The molecule has 88 valence electrons. The van der Waals surface area contributed by atoms with Gasteiger partial charge >= 0.3 is 0 Å². The fourth-order valence-corrected chi connectivity index (χ4v) is 2.46. The summed E-state index contributed by atoms with van der Waals surface area (Å²) in [7, 11) is 0. The molecule has 1 aliphatic heterocycles. The molecule has 1 fully saturated rings. The van der Waals surface area contributed by atoms with Crippen LogP contribution in [0.1, 0.15) is 18.4 Å². The van der Waals surface area contributed by atoms with Crippen LogP contribution in [-0.4, -0.2) is 29.1 Å². The number of likely N-dealkylation sites (tertiary alicyclic amines) is 1. The van der Waals surface area contributed by atoms with Gasteiger partial charge in [-0.2, -0.15) is 0 Å². The Bertz CT molecular complexity index is 370. The molecule has 16 heavy (non-hydrogen) atoms. The quantitative estimate of drug-likeness (QED) is 0.849. The molecule has 0 radical (unpaired) electrons. The molecule has 1 aliphatic rings. The van der Waals surface area contributed by atoms with E-state index in [9.17, 15) is 5.11 Å². The number of rotatable bonds is 3. The molecule has 0 aromatic heterocycles. The molecule has 1 saturated heterocycles. The minimum atomic E-state index is 0.141. The van der Waals surface area contributed by atoms with E-state index in [4.69, 9.17) is 17.3 Å². The summed E-state index contributed by atoms with van der Waals surface area (Å²) in [5.74, 6) is 0.141. The predicted molar refractivity (Wildman–Crippen MR) is 65.6 cm³/mol. The minimum absolute atomic E-state index is 0.141. The van der Waals surface area contributed by atoms with Crippen LogP contribution in [0.4, 0.5) is 0 Å². The lowest BCUT2D eigenvalue weighted by atomic mass is 10.2. The van der Waals surface area contributed by atoms with Gasteiger partial charge in [0.2, 0.25) is 0 Å². The molecule has 0 saturated carbocycles. The lowest BCUT2D eigenvalue weighted by Gasteiger charge is -2.23. The number of hydrogen-bond donors (Lipinski definition) is 2. The Morgan fingerprint density at radius 2 is 2.31 bits per heavy atom. The SMILES string of the molecule is NCC1CCCN1Cc1ccc(O)c(Cl)c1. The van der Waals surface area contributed by atoms with Crippen molar-refractivity contribution >= 4 is 11.6 Å². The first-order chi connectivity index (χ1) is 7.70. The van der Waals surface area contributed by atoms with Crippen molar-refractivity contribution in [1.29, 1.82) is 0 Å². The van der Waals surface area contributed by atoms with Gasteiger partial charge in [0.25, 0.3) is 0 Å². The average Bonchev–Trinajstić information content (AvgIpc) is 2.71. The average molecular weight is 241 g/mol. The van der Waals surface area contributed by atoms with Gasteiger partial charge in [-0.3, -0.25) is 4.90 Å². The zero-order valence-electron chi connectivity index (χ0n) is 9.19. The molecule has 1 unspecified atom stereocenters. The normalized spacial score (nSPS) is 21.5. The summed E-state index contributed by atoms with van der Waals surface area (Å²) in [6.45, 7) is 2.67. The van der Waals surface area contributed by atoms with Crippen LogP contribution in [0.15, 0.2) is 18.2 Å². The van der Waals surface area contributed by atoms with Gasteiger partial charge in [-0.05, 0) is 37.1 Å². The standard InChI is InChI=1S/C12H17ClN2O/c13-11-6-9(3-4-12(11)16)8-15-5-1-2-10(15)7-14/h3-4,6,10,16H,1-2,5,7-8,14H2. The first kappa shape index (κ1) is 11.7. The van der Waals surface area contributed by atoms with E-state index in [1.54, 1.807) is 6.07 Å². The fourth-order valence-electron chi connectivity index (χ4n) is 2.25. The summed E-state index contributed by atoms with van der Waals surface area (Å²) in [4.78, 5) is 2.38. The molecule has 0 bridgehead atoms. The van der Waals surface area contributed by atoms with Gasteiger partial charge in [-0.1, -0.05) is 17.7 Å². The van der Waals surface area contributed by atoms with E-state index in [0.717, 1.165) is 18.7 Å². The van der Waals surface area contributed by atoms with E-state index >= 15 is 0 Å². The lowest BCUT2D eigenvalue weighted by Crippen LogP contribution is -2.34. The Labute approximate surface area is 101 Å². The summed E-state index contributed by atoms with van der Waals surface area (Å²) in [5, 5.41) is 9.75. The number of nitrogens with zero attached hydrogens (tertiary/aromatic N) is 1. The minimum Gasteiger partial charge on any atom is -0.506 e. The molecule has 1 aromatic carbocycles. The van der Waals surface area contributed by atoms with E-state index < -0.39 is 0 Å². The highest BCUT2D eigenvalue weighted by molar-refractivity contribution is 6.32. The third kappa shape index (κ3) is 2.48. The number of phenols is 1. The second-order valence-corrected chi connectivity index (χ2v) is 4.70. The zero-order chi connectivity index (χ0) is 11.5. The van der Waals surface area contributed by atoms with Gasteiger partial charge in [-0.15, -0.1) is 0 Å². The van der Waals surface area contributed by atoms with Crippen molar-refractivity contribution in [2.24, 2.45) is 5.73 Å². The van der Waals surface area contributed by atoms with Crippen LogP contribution in [0.25, 0.3) is 0 Å². The molecule has 3 N–H and O–H groups in total. The van der Waals surface area contributed by atoms with Gasteiger partial charge in [0.15, 0.2) is 0 Å². The van der Waals surface area contributed by atoms with Crippen LogP contribution in [0.3, 0.4) is 0 Å². The van der Waals surface area contributed by atoms with Crippen molar-refractivity contribution < 1.29 is 5.11 Å². The predicted octanol–water partition coefficient (Wildman–Crippen LogP) is 1.97. The van der Waals surface area contributed by atoms with Gasteiger partial charge in [-0.25, -0.2) is 0 Å². The molecule has 4 heteroatoms. The summed E-state index contributed by atoms with van der Waals surface area (Å²) < 4.78 is 0. The molecule has 0 spiro atoms. The molecule has 1 aromatic rings. The van der Waals surface area contributed by atoms with Crippen molar-refractivity contribution in [1.82, 2.24) is 4.90 Å². The highest BCUT2D eigenvalue weighted by atomic mass is 35.5. The molecule has 0 aliphatic carbocycles. The monoisotopic (exact) mass is 240 g/mol. The Morgan fingerprint density at radius 3 is 3.00 bits per heavy atom. The number of aromatic hydroxyl groups is 1. The Balaban J connectivity index is 2.05. The summed E-state index contributed by atoms with van der Waals surface area (Å²) in [6.07, 6.45) is 2.40. The second kappa shape index (κ2) is 5.04. The van der Waals surface area contributed by atoms with E-state index in [1.165, 1.54) is 12.8 Å². The second-order valence-electron chi connectivity index (χ2n) is 4.29. The number of halogens is 1. The van der Waals surface area contributed by atoms with E-state index in [-0.39, 0.29) is 5.75 Å². The van der Waals surface area contributed by atoms with Crippen LogP contribution in [0.2, 0.25) is 5.02 Å². The number of phenolic OH excluding ortho intramolecular Hbond substituents is 1. The first-order valence-electron chi connectivity index (χ1n) is 5.62. The van der Waals surface area contributed by atoms with E-state index in [2.05, 4.69) is 4.90 Å². The maximum atomic E-state index is 9.34. The van der Waals surface area contributed by atoms with Crippen LogP contribution < -0.4 is 5.73 Å². The van der Waals surface area contributed by atoms with Gasteiger partial charge < -0.3 is 10.8 Å². The van der Waals surface area contributed by atoms with Crippen molar-refractivity contribution in [3.63, 3.8) is 0 Å². The first-order valence-corrected chi connectivity index (χ1v) is 6.00. The van der Waals surface area contributed by atoms with E-state index in [0.29, 0.717) is 17.6 Å². The molecule has 3 nitrogen and oxygen atoms in total. The fraction of sp³-hybridized carbons (Fsp3) is 0.500. The van der Waals surface area contributed by atoms with Gasteiger partial charge in [0.1, 0.15) is 5.75 Å². The van der Waals surface area contributed by atoms with E-state index in [1.807, 2.05) is 12.1 Å². The van der Waals surface area contributed by atoms with Crippen LogP contribution in [0.5, 0.6) is 5.75 Å². The van der Waals surface area contributed by atoms with Crippen LogP contribution in [0, 0.1) is 0 Å². The Hall–Kier alpha value is -0.770. The van der Waals surface area contributed by atoms with Crippen molar-refractivity contribution in [2.45, 2.75) is 25.4 Å². The van der Waals surface area contributed by atoms with Crippen molar-refractivity contribution in [3.05, 3.63) is 28.8 Å². The summed E-state index contributed by atoms with van der Waals surface area (Å²) in [5.41, 5.74) is 6.85. The third-order valence-electron chi connectivity index (χ3n) is 3.17. The number of nitrogens with two attached hydrogens (primary N) is 1. The number of benzene rings is 1. The molecular formula is C12H17ClN2O. The van der Waals surface area contributed by atoms with Crippen molar-refractivity contribution in [2.75, 3.05) is 13.1 Å². The van der Waals surface area contributed by atoms with Crippen molar-refractivity contribution in [3.8, 4) is 5.75 Å². The zero-order valence-corrected chi connectivity index (χ0v) is 9.95. The van der Waals surface area contributed by atoms with Gasteiger partial charge in [0.05, 0.1) is 5.02 Å². The third-order valence-corrected chi connectivity index (χ3v) is 3.47. The lowest BCUT2D eigenvalue weighted by molar-refractivity contribution is 0.250. The topological polar surface area (TPSA) is 49.5 Å². The Kier molecular flexibility index (Phi) is 3.69. The highest BCUT2D eigenvalue weighted by Crippen LogP contribution is 2.26. The molecule has 1 heterocycles. The largest absolute Gasteiger partial charge is 0.506 e. The highest BCUT2D eigenvalue weighted by Gasteiger charge is 2.22. The van der Waals surface area contributed by atoms with Gasteiger partial charge in [0, 0.05) is 19.1 Å². The smallest absolute Gasteiger partial charge is 0.134 e. The molecule has 1 atom stereocenters. The molecule has 0 amide bonds. The maximum Gasteiger partial charge on any atom is 0.134 e. The van der Waals surface area contributed by atoms with Crippen LogP contribution in [-0.2, 0) is 6.54 Å². The summed E-state index contributed by atoms with van der Waals surface area (Å²) in [6, 6.07) is 5.87. The van der Waals surface area contributed by atoms with Crippen LogP contribution >= 0.6 is 11.6 Å². The summed E-state index contributed by atoms with van der Waals surface area (Å²) >= 11 is 5.88. The Morgan fingerprint density at radius 1 is 1.50 bits per heavy atom. The number of hydrogen-bond acceptors (Lipinski definition) is 3. The molecule has 2 rings (SSSR count).